The standard InChI is InChI=1S/C18H26N4O4/c1-5-11(2)17(14-9-19-26-12(14)3)25-16-8-15(22(4)21-16)18(23)20-13-6-7-24-10-13/h8-9,11,13,17H,5-7,10H2,1-4H3,(H,20,23). The molecule has 0 aromatic carbocycles. The molecule has 8 nitrogen and oxygen atoms in total. The Bertz CT molecular complexity index is 748. The third-order valence-corrected chi connectivity index (χ3v) is 4.86. The van der Waals surface area contributed by atoms with E-state index in [1.54, 1.807) is 19.3 Å². The molecule has 26 heavy (non-hydrogen) atoms. The van der Waals surface area contributed by atoms with E-state index in [1.807, 2.05) is 6.92 Å². The van der Waals surface area contributed by atoms with Crippen molar-refractivity contribution in [3.8, 4) is 5.88 Å². The summed E-state index contributed by atoms with van der Waals surface area (Å²) in [6.07, 6.45) is 3.20. The van der Waals surface area contributed by atoms with Crippen LogP contribution < -0.4 is 10.1 Å². The molecule has 8 heteroatoms. The summed E-state index contributed by atoms with van der Waals surface area (Å²) in [5, 5.41) is 11.2. The summed E-state index contributed by atoms with van der Waals surface area (Å²) in [4.78, 5) is 12.5. The van der Waals surface area contributed by atoms with Crippen LogP contribution in [0.5, 0.6) is 5.88 Å². The summed E-state index contributed by atoms with van der Waals surface area (Å²) in [5.41, 5.74) is 1.36. The summed E-state index contributed by atoms with van der Waals surface area (Å²) >= 11 is 0. The van der Waals surface area contributed by atoms with Gasteiger partial charge in [-0.25, -0.2) is 0 Å². The molecule has 0 aliphatic carbocycles. The molecular formula is C18H26N4O4. The monoisotopic (exact) mass is 362 g/mol. The highest BCUT2D eigenvalue weighted by molar-refractivity contribution is 5.93. The normalized spacial score (nSPS) is 19.3. The number of amides is 1. The number of ether oxygens (including phenoxy) is 2. The Labute approximate surface area is 152 Å². The Hall–Kier alpha value is -2.35. The number of nitrogens with zero attached hydrogens (tertiary/aromatic N) is 3. The largest absolute Gasteiger partial charge is 0.468 e. The molecule has 0 radical (unpaired) electrons. The second-order valence-corrected chi connectivity index (χ2v) is 6.79. The molecule has 0 saturated carbocycles. The Morgan fingerprint density at radius 1 is 1.54 bits per heavy atom. The molecule has 1 saturated heterocycles. The molecule has 2 aromatic heterocycles. The zero-order valence-corrected chi connectivity index (χ0v) is 15.7. The molecule has 3 heterocycles. The second kappa shape index (κ2) is 7.90. The smallest absolute Gasteiger partial charge is 0.269 e. The maximum atomic E-state index is 12.5. The Kier molecular flexibility index (Phi) is 5.61. The van der Waals surface area contributed by atoms with Gasteiger partial charge in [0.2, 0.25) is 5.88 Å². The van der Waals surface area contributed by atoms with Crippen molar-refractivity contribution in [3.05, 3.63) is 29.3 Å². The quantitative estimate of drug-likeness (QED) is 0.813. The molecule has 1 amide bonds. The van der Waals surface area contributed by atoms with E-state index in [1.165, 1.54) is 4.68 Å². The lowest BCUT2D eigenvalue weighted by Crippen LogP contribution is -2.36. The van der Waals surface area contributed by atoms with Crippen molar-refractivity contribution in [2.75, 3.05) is 13.2 Å². The minimum Gasteiger partial charge on any atom is -0.468 e. The van der Waals surface area contributed by atoms with Gasteiger partial charge in [0.25, 0.3) is 5.91 Å². The highest BCUT2D eigenvalue weighted by Gasteiger charge is 2.27. The molecule has 3 atom stereocenters. The van der Waals surface area contributed by atoms with Crippen LogP contribution in [0.25, 0.3) is 0 Å². The summed E-state index contributed by atoms with van der Waals surface area (Å²) in [6, 6.07) is 1.72. The van der Waals surface area contributed by atoms with Crippen LogP contribution in [0.1, 0.15) is 54.6 Å². The van der Waals surface area contributed by atoms with Gasteiger partial charge in [-0.05, 0) is 25.7 Å². The van der Waals surface area contributed by atoms with Crippen molar-refractivity contribution >= 4 is 5.91 Å². The van der Waals surface area contributed by atoms with Crippen molar-refractivity contribution in [1.29, 1.82) is 0 Å². The van der Waals surface area contributed by atoms with E-state index in [0.29, 0.717) is 24.8 Å². The van der Waals surface area contributed by atoms with Gasteiger partial charge in [-0.3, -0.25) is 9.48 Å². The lowest BCUT2D eigenvalue weighted by atomic mass is 9.96. The van der Waals surface area contributed by atoms with E-state index in [-0.39, 0.29) is 24.0 Å². The molecule has 1 N–H and O–H groups in total. The van der Waals surface area contributed by atoms with Crippen molar-refractivity contribution in [3.63, 3.8) is 0 Å². The lowest BCUT2D eigenvalue weighted by Gasteiger charge is -2.22. The van der Waals surface area contributed by atoms with Crippen LogP contribution in [0.15, 0.2) is 16.8 Å². The molecule has 1 fully saturated rings. The second-order valence-electron chi connectivity index (χ2n) is 6.79. The fourth-order valence-corrected chi connectivity index (χ4v) is 3.03. The molecule has 1 aliphatic heterocycles. The third kappa shape index (κ3) is 3.90. The minimum absolute atomic E-state index is 0.0503. The van der Waals surface area contributed by atoms with Gasteiger partial charge < -0.3 is 19.3 Å². The average molecular weight is 362 g/mol. The van der Waals surface area contributed by atoms with Gasteiger partial charge in [-0.1, -0.05) is 19.0 Å². The maximum Gasteiger partial charge on any atom is 0.269 e. The number of carbonyl (C=O) groups is 1. The molecule has 3 unspecified atom stereocenters. The maximum absolute atomic E-state index is 12.5. The summed E-state index contributed by atoms with van der Waals surface area (Å²) in [6.45, 7) is 7.30. The van der Waals surface area contributed by atoms with Gasteiger partial charge in [-0.15, -0.1) is 5.10 Å². The van der Waals surface area contributed by atoms with E-state index in [2.05, 4.69) is 29.4 Å². The number of rotatable bonds is 7. The van der Waals surface area contributed by atoms with Crippen LogP contribution in [0.2, 0.25) is 0 Å². The number of nitrogens with one attached hydrogen (secondary N) is 1. The highest BCUT2D eigenvalue weighted by Crippen LogP contribution is 2.31. The topological polar surface area (TPSA) is 91.4 Å². The Balaban J connectivity index is 1.76. The molecule has 0 bridgehead atoms. The van der Waals surface area contributed by atoms with Crippen LogP contribution in [0.4, 0.5) is 0 Å². The predicted molar refractivity (Wildman–Crippen MR) is 94.0 cm³/mol. The van der Waals surface area contributed by atoms with Crippen LogP contribution >= 0.6 is 0 Å². The van der Waals surface area contributed by atoms with Crippen molar-refractivity contribution in [1.82, 2.24) is 20.3 Å². The van der Waals surface area contributed by atoms with Crippen LogP contribution in [0.3, 0.4) is 0 Å². The zero-order chi connectivity index (χ0) is 18.7. The number of aromatic nitrogens is 3. The molecule has 2 aromatic rings. The summed E-state index contributed by atoms with van der Waals surface area (Å²) in [7, 11) is 1.73. The fourth-order valence-electron chi connectivity index (χ4n) is 3.03. The fraction of sp³-hybridized carbons (Fsp3) is 0.611. The SMILES string of the molecule is CCC(C)C(Oc1cc(C(=O)NC2CCOC2)n(C)n1)c1cnoc1C. The van der Waals surface area contributed by atoms with Crippen molar-refractivity contribution in [2.24, 2.45) is 13.0 Å². The molecule has 142 valence electrons. The average Bonchev–Trinajstić information content (AvgIpc) is 3.34. The number of carbonyl (C=O) groups excluding carboxylic acids is 1. The van der Waals surface area contributed by atoms with Crippen molar-refractivity contribution < 1.29 is 18.8 Å². The summed E-state index contributed by atoms with van der Waals surface area (Å²) in [5.74, 6) is 1.20. The Morgan fingerprint density at radius 2 is 2.35 bits per heavy atom. The van der Waals surface area contributed by atoms with Gasteiger partial charge in [0.05, 0.1) is 24.4 Å². The van der Waals surface area contributed by atoms with Gasteiger partial charge in [-0.2, -0.15) is 0 Å². The number of hydrogen-bond donors (Lipinski definition) is 1. The van der Waals surface area contributed by atoms with Gasteiger partial charge in [0.1, 0.15) is 17.6 Å². The number of aryl methyl sites for hydroxylation is 2. The van der Waals surface area contributed by atoms with Crippen LogP contribution in [-0.2, 0) is 11.8 Å². The zero-order valence-electron chi connectivity index (χ0n) is 15.7. The Morgan fingerprint density at radius 3 is 2.96 bits per heavy atom. The van der Waals surface area contributed by atoms with E-state index >= 15 is 0 Å². The summed E-state index contributed by atoms with van der Waals surface area (Å²) < 4.78 is 18.2. The molecule has 0 spiro atoms. The number of hydrogen-bond acceptors (Lipinski definition) is 6. The van der Waals surface area contributed by atoms with Crippen molar-refractivity contribution in [2.45, 2.75) is 45.8 Å². The highest BCUT2D eigenvalue weighted by atomic mass is 16.5. The molecular weight excluding hydrogens is 336 g/mol. The van der Waals surface area contributed by atoms with Crippen LogP contribution in [-0.4, -0.2) is 40.1 Å². The van der Waals surface area contributed by atoms with Gasteiger partial charge in [0.15, 0.2) is 0 Å². The van der Waals surface area contributed by atoms with E-state index in [0.717, 1.165) is 24.2 Å². The van der Waals surface area contributed by atoms with Crippen LogP contribution in [0, 0.1) is 12.8 Å². The minimum atomic E-state index is -0.236. The van der Waals surface area contributed by atoms with E-state index in [9.17, 15) is 4.79 Å². The first-order valence-electron chi connectivity index (χ1n) is 9.00. The van der Waals surface area contributed by atoms with Gasteiger partial charge >= 0.3 is 0 Å². The predicted octanol–water partition coefficient (Wildman–Crippen LogP) is 2.40. The first-order valence-corrected chi connectivity index (χ1v) is 9.00. The molecule has 3 rings (SSSR count). The molecule has 1 aliphatic rings. The third-order valence-electron chi connectivity index (χ3n) is 4.86. The van der Waals surface area contributed by atoms with Gasteiger partial charge in [0, 0.05) is 19.7 Å². The lowest BCUT2D eigenvalue weighted by molar-refractivity contribution is 0.0920. The first-order chi connectivity index (χ1) is 12.5. The van der Waals surface area contributed by atoms with E-state index in [4.69, 9.17) is 14.0 Å². The van der Waals surface area contributed by atoms with E-state index < -0.39 is 0 Å². The first kappa shape index (κ1) is 18.4.